The predicted octanol–water partition coefficient (Wildman–Crippen LogP) is 7.16. The van der Waals surface area contributed by atoms with E-state index in [2.05, 4.69) is 37.9 Å². The van der Waals surface area contributed by atoms with Crippen LogP contribution in [0.5, 0.6) is 11.5 Å². The first kappa shape index (κ1) is 23.5. The minimum atomic E-state index is -0.440. The molecule has 162 valence electrons. The highest BCUT2D eigenvalue weighted by molar-refractivity contribution is 9.10. The van der Waals surface area contributed by atoms with Gasteiger partial charge in [0.2, 0.25) is 0 Å². The second kappa shape index (κ2) is 10.9. The summed E-state index contributed by atoms with van der Waals surface area (Å²) in [4.78, 5) is 10.4. The lowest BCUT2D eigenvalue weighted by Crippen LogP contribution is -2.01. The highest BCUT2D eigenvalue weighted by Crippen LogP contribution is 2.38. The van der Waals surface area contributed by atoms with E-state index < -0.39 is 4.92 Å². The molecule has 0 aliphatic heterocycles. The Morgan fingerprint density at radius 2 is 1.78 bits per heavy atom. The number of ether oxygens (including phenoxy) is 2. The fourth-order valence-corrected chi connectivity index (χ4v) is 3.76. The number of hydrogen-bond acceptors (Lipinski definition) is 5. The smallest absolute Gasteiger partial charge is 0.269 e. The standard InChI is InChI=1S/C24H18Br2N2O4/c1-2-31-23-13-17(11-19(14-27)18-5-7-20(25)8-6-18)12-22(26)24(23)32-15-16-3-9-21(10-4-16)28(29)30/h3-13H,2,15H2,1H3/b19-11-. The minimum Gasteiger partial charge on any atom is -0.490 e. The Labute approximate surface area is 202 Å². The van der Waals surface area contributed by atoms with Crippen LogP contribution in [0.4, 0.5) is 5.69 Å². The van der Waals surface area contributed by atoms with Crippen molar-refractivity contribution in [2.75, 3.05) is 6.61 Å². The number of nitrogens with zero attached hydrogens (tertiary/aromatic N) is 2. The summed E-state index contributed by atoms with van der Waals surface area (Å²) in [5.74, 6) is 1.05. The van der Waals surface area contributed by atoms with Gasteiger partial charge in [0, 0.05) is 16.6 Å². The van der Waals surface area contributed by atoms with Gasteiger partial charge in [-0.2, -0.15) is 5.26 Å². The topological polar surface area (TPSA) is 85.4 Å². The maximum atomic E-state index is 10.8. The number of nitriles is 1. The highest BCUT2D eigenvalue weighted by Gasteiger charge is 2.13. The number of hydrogen-bond donors (Lipinski definition) is 0. The minimum absolute atomic E-state index is 0.0279. The van der Waals surface area contributed by atoms with Gasteiger partial charge in [-0.05, 0) is 82.0 Å². The summed E-state index contributed by atoms with van der Waals surface area (Å²) >= 11 is 6.94. The fourth-order valence-electron chi connectivity index (χ4n) is 2.92. The van der Waals surface area contributed by atoms with E-state index >= 15 is 0 Å². The summed E-state index contributed by atoms with van der Waals surface area (Å²) in [7, 11) is 0. The van der Waals surface area contributed by atoms with E-state index in [1.165, 1.54) is 12.1 Å². The van der Waals surface area contributed by atoms with Gasteiger partial charge in [0.25, 0.3) is 5.69 Å². The van der Waals surface area contributed by atoms with Crippen LogP contribution in [0.1, 0.15) is 23.6 Å². The van der Waals surface area contributed by atoms with Crippen molar-refractivity contribution in [1.29, 1.82) is 5.26 Å². The van der Waals surface area contributed by atoms with E-state index in [-0.39, 0.29) is 12.3 Å². The van der Waals surface area contributed by atoms with Crippen LogP contribution < -0.4 is 9.47 Å². The summed E-state index contributed by atoms with van der Waals surface area (Å²) in [5, 5.41) is 20.4. The van der Waals surface area contributed by atoms with E-state index in [0.717, 1.165) is 21.2 Å². The Balaban J connectivity index is 1.87. The molecule has 0 saturated carbocycles. The molecular weight excluding hydrogens is 540 g/mol. The largest absolute Gasteiger partial charge is 0.490 e. The van der Waals surface area contributed by atoms with E-state index in [0.29, 0.717) is 28.2 Å². The lowest BCUT2D eigenvalue weighted by Gasteiger charge is -2.15. The number of nitro groups is 1. The summed E-state index contributed by atoms with van der Waals surface area (Å²) in [5.41, 5.74) is 2.92. The molecule has 0 aliphatic carbocycles. The van der Waals surface area contributed by atoms with Gasteiger partial charge in [-0.25, -0.2) is 0 Å². The molecule has 3 rings (SSSR count). The quantitative estimate of drug-likeness (QED) is 0.127. The van der Waals surface area contributed by atoms with Gasteiger partial charge < -0.3 is 9.47 Å². The van der Waals surface area contributed by atoms with Gasteiger partial charge in [0.15, 0.2) is 11.5 Å². The molecule has 32 heavy (non-hydrogen) atoms. The molecule has 0 aliphatic rings. The Morgan fingerprint density at radius 1 is 1.09 bits per heavy atom. The maximum absolute atomic E-state index is 10.8. The molecule has 8 heteroatoms. The van der Waals surface area contributed by atoms with Gasteiger partial charge in [0.1, 0.15) is 6.61 Å². The zero-order valence-electron chi connectivity index (χ0n) is 17.0. The summed E-state index contributed by atoms with van der Waals surface area (Å²) < 4.78 is 13.3. The van der Waals surface area contributed by atoms with Gasteiger partial charge >= 0.3 is 0 Å². The Morgan fingerprint density at radius 3 is 2.38 bits per heavy atom. The molecule has 0 radical (unpaired) electrons. The molecule has 0 bridgehead atoms. The van der Waals surface area contributed by atoms with Gasteiger partial charge in [0.05, 0.1) is 27.6 Å². The van der Waals surface area contributed by atoms with Crippen molar-refractivity contribution < 1.29 is 14.4 Å². The lowest BCUT2D eigenvalue weighted by molar-refractivity contribution is -0.384. The zero-order valence-corrected chi connectivity index (χ0v) is 20.2. The molecule has 6 nitrogen and oxygen atoms in total. The van der Waals surface area contributed by atoms with Crippen LogP contribution in [0, 0.1) is 21.4 Å². The molecule has 0 unspecified atom stereocenters. The highest BCUT2D eigenvalue weighted by atomic mass is 79.9. The van der Waals surface area contributed by atoms with Crippen molar-refractivity contribution in [1.82, 2.24) is 0 Å². The third-order valence-electron chi connectivity index (χ3n) is 4.45. The van der Waals surface area contributed by atoms with Crippen LogP contribution in [0.15, 0.2) is 69.6 Å². The van der Waals surface area contributed by atoms with Crippen molar-refractivity contribution in [3.8, 4) is 17.6 Å². The Bertz CT molecular complexity index is 1180. The summed E-state index contributed by atoms with van der Waals surface area (Å²) in [6.07, 6.45) is 1.79. The predicted molar refractivity (Wildman–Crippen MR) is 130 cm³/mol. The number of rotatable bonds is 8. The Kier molecular flexibility index (Phi) is 8.03. The first-order valence-electron chi connectivity index (χ1n) is 9.61. The third kappa shape index (κ3) is 5.96. The maximum Gasteiger partial charge on any atom is 0.269 e. The molecule has 0 fully saturated rings. The summed E-state index contributed by atoms with van der Waals surface area (Å²) in [6, 6.07) is 19.6. The monoisotopic (exact) mass is 556 g/mol. The van der Waals surface area contributed by atoms with Gasteiger partial charge in [-0.1, -0.05) is 28.1 Å². The molecule has 0 amide bonds. The van der Waals surface area contributed by atoms with Crippen LogP contribution in [0.3, 0.4) is 0 Å². The van der Waals surface area contributed by atoms with Gasteiger partial charge in [-0.3, -0.25) is 10.1 Å². The fraction of sp³-hybridized carbons (Fsp3) is 0.125. The van der Waals surface area contributed by atoms with E-state index in [1.54, 1.807) is 18.2 Å². The second-order valence-corrected chi connectivity index (χ2v) is 8.42. The SMILES string of the molecule is CCOc1cc(/C=C(/C#N)c2ccc(Br)cc2)cc(Br)c1OCc1ccc([N+](=O)[O-])cc1. The Hall–Kier alpha value is -3.15. The molecular formula is C24H18Br2N2O4. The first-order valence-corrected chi connectivity index (χ1v) is 11.2. The van der Waals surface area contributed by atoms with Gasteiger partial charge in [-0.15, -0.1) is 0 Å². The van der Waals surface area contributed by atoms with E-state index in [1.807, 2.05) is 43.3 Å². The number of allylic oxidation sites excluding steroid dienone is 1. The van der Waals surface area contributed by atoms with Crippen LogP contribution >= 0.6 is 31.9 Å². The number of halogens is 2. The van der Waals surface area contributed by atoms with Crippen molar-refractivity contribution >= 4 is 49.2 Å². The molecule has 0 atom stereocenters. The molecule has 3 aromatic rings. The molecule has 0 N–H and O–H groups in total. The first-order chi connectivity index (χ1) is 15.4. The average molecular weight is 558 g/mol. The van der Waals surface area contributed by atoms with Crippen LogP contribution in [0.25, 0.3) is 11.6 Å². The molecule has 0 spiro atoms. The number of non-ortho nitro benzene ring substituents is 1. The molecule has 0 saturated heterocycles. The number of benzene rings is 3. The molecule has 0 aromatic heterocycles. The van der Waals surface area contributed by atoms with Crippen molar-refractivity contribution in [3.63, 3.8) is 0 Å². The van der Waals surface area contributed by atoms with E-state index in [9.17, 15) is 15.4 Å². The van der Waals surface area contributed by atoms with Crippen LogP contribution in [-0.2, 0) is 6.61 Å². The van der Waals surface area contributed by atoms with Crippen molar-refractivity contribution in [2.24, 2.45) is 0 Å². The molecule has 0 heterocycles. The zero-order chi connectivity index (χ0) is 23.1. The van der Waals surface area contributed by atoms with Crippen LogP contribution in [0.2, 0.25) is 0 Å². The van der Waals surface area contributed by atoms with Crippen LogP contribution in [-0.4, -0.2) is 11.5 Å². The third-order valence-corrected chi connectivity index (χ3v) is 5.57. The molecule has 3 aromatic carbocycles. The second-order valence-electron chi connectivity index (χ2n) is 6.65. The average Bonchev–Trinajstić information content (AvgIpc) is 2.78. The van der Waals surface area contributed by atoms with Crippen molar-refractivity contribution in [2.45, 2.75) is 13.5 Å². The summed E-state index contributed by atoms with van der Waals surface area (Å²) in [6.45, 7) is 2.53. The van der Waals surface area contributed by atoms with E-state index in [4.69, 9.17) is 9.47 Å². The lowest BCUT2D eigenvalue weighted by atomic mass is 10.0. The van der Waals surface area contributed by atoms with Crippen molar-refractivity contribution in [3.05, 3.63) is 96.4 Å². The number of nitro benzene ring substituents is 1. The normalized spacial score (nSPS) is 11.0.